The third kappa shape index (κ3) is 3.55. The van der Waals surface area contributed by atoms with E-state index in [2.05, 4.69) is 5.32 Å². The molecule has 120 valence electrons. The Labute approximate surface area is 135 Å². The Morgan fingerprint density at radius 3 is 2.62 bits per heavy atom. The van der Waals surface area contributed by atoms with Gasteiger partial charge in [-0.05, 0) is 48.0 Å². The highest BCUT2D eigenvalue weighted by molar-refractivity contribution is 6.02. The zero-order chi connectivity index (χ0) is 17.1. The summed E-state index contributed by atoms with van der Waals surface area (Å²) in [5, 5.41) is 3.30. The summed E-state index contributed by atoms with van der Waals surface area (Å²) >= 11 is 0. The molecule has 0 fully saturated rings. The van der Waals surface area contributed by atoms with Crippen molar-refractivity contribution in [3.8, 4) is 0 Å². The lowest BCUT2D eigenvalue weighted by Gasteiger charge is -2.03. The first-order chi connectivity index (χ1) is 11.5. The first-order valence-electron chi connectivity index (χ1n) is 6.99. The molecule has 1 aromatic heterocycles. The molecule has 6 heteroatoms. The summed E-state index contributed by atoms with van der Waals surface area (Å²) in [7, 11) is 0. The number of anilines is 1. The van der Waals surface area contributed by atoms with Crippen molar-refractivity contribution in [1.82, 2.24) is 0 Å². The fourth-order valence-corrected chi connectivity index (χ4v) is 2.12. The maximum Gasteiger partial charge on any atom is 0.336 e. The highest BCUT2D eigenvalue weighted by atomic mass is 19.2. The maximum absolute atomic E-state index is 13.1. The summed E-state index contributed by atoms with van der Waals surface area (Å²) in [6.07, 6.45) is 2.58. The van der Waals surface area contributed by atoms with Crippen LogP contribution in [0.3, 0.4) is 0 Å². The van der Waals surface area contributed by atoms with E-state index in [0.29, 0.717) is 22.2 Å². The Bertz CT molecular complexity index is 1010. The molecule has 0 saturated heterocycles. The summed E-state index contributed by atoms with van der Waals surface area (Å²) in [6, 6.07) is 11.0. The summed E-state index contributed by atoms with van der Waals surface area (Å²) < 4.78 is 30.9. The van der Waals surface area contributed by atoms with Crippen LogP contribution in [0.5, 0.6) is 0 Å². The molecule has 0 aliphatic heterocycles. The number of halogens is 2. The first kappa shape index (κ1) is 15.6. The van der Waals surface area contributed by atoms with Crippen LogP contribution in [0, 0.1) is 11.6 Å². The Balaban J connectivity index is 1.74. The number of nitrogens with one attached hydrogen (secondary N) is 1. The van der Waals surface area contributed by atoms with Crippen LogP contribution in [-0.4, -0.2) is 5.91 Å². The van der Waals surface area contributed by atoms with Crippen LogP contribution in [0.15, 0.2) is 63.8 Å². The predicted octanol–water partition coefficient (Wildman–Crippen LogP) is 3.72. The van der Waals surface area contributed by atoms with Gasteiger partial charge in [0.1, 0.15) is 5.58 Å². The van der Waals surface area contributed by atoms with Gasteiger partial charge in [0.15, 0.2) is 11.6 Å². The fraction of sp³-hybridized carbons (Fsp3) is 0. The average molecular weight is 327 g/mol. The van der Waals surface area contributed by atoms with Crippen LogP contribution in [-0.2, 0) is 4.79 Å². The minimum Gasteiger partial charge on any atom is -0.423 e. The SMILES string of the molecule is O=C(/C=C/c1ccc(F)c(F)c1)Nc1ccc2oc(=O)ccc2c1. The molecule has 0 bridgehead atoms. The number of fused-ring (bicyclic) bond motifs is 1. The maximum atomic E-state index is 13.1. The Morgan fingerprint density at radius 2 is 1.83 bits per heavy atom. The van der Waals surface area contributed by atoms with Gasteiger partial charge in [0.2, 0.25) is 5.91 Å². The van der Waals surface area contributed by atoms with Crippen LogP contribution in [0.1, 0.15) is 5.56 Å². The van der Waals surface area contributed by atoms with Crippen LogP contribution in [0.25, 0.3) is 17.0 Å². The van der Waals surface area contributed by atoms with Crippen LogP contribution < -0.4 is 10.9 Å². The van der Waals surface area contributed by atoms with E-state index in [0.717, 1.165) is 12.1 Å². The molecule has 0 saturated carbocycles. The number of rotatable bonds is 3. The standard InChI is InChI=1S/C18H11F2NO3/c19-14-5-1-11(9-15(14)20)2-7-17(22)21-13-4-6-16-12(10-13)3-8-18(23)24-16/h1-10H,(H,21,22)/b7-2+. The van der Waals surface area contributed by atoms with Gasteiger partial charge in [-0.2, -0.15) is 0 Å². The van der Waals surface area contributed by atoms with Gasteiger partial charge in [-0.1, -0.05) is 6.07 Å². The number of hydrogen-bond acceptors (Lipinski definition) is 3. The molecule has 0 atom stereocenters. The molecule has 0 spiro atoms. The lowest BCUT2D eigenvalue weighted by atomic mass is 10.2. The van der Waals surface area contributed by atoms with Gasteiger partial charge >= 0.3 is 5.63 Å². The van der Waals surface area contributed by atoms with Gasteiger partial charge in [0, 0.05) is 23.2 Å². The van der Waals surface area contributed by atoms with E-state index < -0.39 is 23.2 Å². The van der Waals surface area contributed by atoms with Gasteiger partial charge in [-0.25, -0.2) is 13.6 Å². The molecule has 1 heterocycles. The molecule has 3 aromatic rings. The number of benzene rings is 2. The molecule has 2 aromatic carbocycles. The zero-order valence-electron chi connectivity index (χ0n) is 12.3. The molecule has 3 rings (SSSR count). The summed E-state index contributed by atoms with van der Waals surface area (Å²) in [6.45, 7) is 0. The third-order valence-electron chi connectivity index (χ3n) is 3.26. The van der Waals surface area contributed by atoms with Crippen molar-refractivity contribution in [2.45, 2.75) is 0 Å². The van der Waals surface area contributed by atoms with Crippen molar-refractivity contribution in [3.63, 3.8) is 0 Å². The quantitative estimate of drug-likeness (QED) is 0.589. The fourth-order valence-electron chi connectivity index (χ4n) is 2.12. The average Bonchev–Trinajstić information content (AvgIpc) is 2.56. The van der Waals surface area contributed by atoms with Crippen LogP contribution in [0.4, 0.5) is 14.5 Å². The highest BCUT2D eigenvalue weighted by Gasteiger charge is 2.03. The lowest BCUT2D eigenvalue weighted by Crippen LogP contribution is -2.07. The molecule has 0 aliphatic carbocycles. The first-order valence-corrected chi connectivity index (χ1v) is 6.99. The Hall–Kier alpha value is -3.28. The topological polar surface area (TPSA) is 59.3 Å². The van der Waals surface area contributed by atoms with Crippen molar-refractivity contribution < 1.29 is 18.0 Å². The van der Waals surface area contributed by atoms with E-state index >= 15 is 0 Å². The normalized spacial score (nSPS) is 11.1. The number of carbonyl (C=O) groups is 1. The van der Waals surface area contributed by atoms with Crippen LogP contribution in [0.2, 0.25) is 0 Å². The molecule has 0 unspecified atom stereocenters. The highest BCUT2D eigenvalue weighted by Crippen LogP contribution is 2.17. The van der Waals surface area contributed by atoms with Crippen molar-refractivity contribution in [3.05, 3.63) is 82.2 Å². The second-order valence-corrected chi connectivity index (χ2v) is 5.00. The van der Waals surface area contributed by atoms with E-state index in [4.69, 9.17) is 4.42 Å². The minimum atomic E-state index is -0.978. The second-order valence-electron chi connectivity index (χ2n) is 5.00. The predicted molar refractivity (Wildman–Crippen MR) is 86.5 cm³/mol. The van der Waals surface area contributed by atoms with Crippen molar-refractivity contribution in [2.24, 2.45) is 0 Å². The second kappa shape index (κ2) is 6.45. The van der Waals surface area contributed by atoms with E-state index in [1.807, 2.05) is 0 Å². The monoisotopic (exact) mass is 327 g/mol. The summed E-state index contributed by atoms with van der Waals surface area (Å²) in [4.78, 5) is 23.0. The van der Waals surface area contributed by atoms with E-state index in [-0.39, 0.29) is 0 Å². The van der Waals surface area contributed by atoms with Crippen molar-refractivity contribution in [1.29, 1.82) is 0 Å². The third-order valence-corrected chi connectivity index (χ3v) is 3.26. The molecular formula is C18H11F2NO3. The van der Waals surface area contributed by atoms with Gasteiger partial charge in [0.05, 0.1) is 0 Å². The summed E-state index contributed by atoms with van der Waals surface area (Å²) in [5.41, 5.74) is 0.840. The smallest absolute Gasteiger partial charge is 0.336 e. The Kier molecular flexibility index (Phi) is 4.20. The van der Waals surface area contributed by atoms with Gasteiger partial charge < -0.3 is 9.73 Å². The largest absolute Gasteiger partial charge is 0.423 e. The lowest BCUT2D eigenvalue weighted by molar-refractivity contribution is -0.111. The zero-order valence-corrected chi connectivity index (χ0v) is 12.3. The van der Waals surface area contributed by atoms with Crippen LogP contribution >= 0.6 is 0 Å². The summed E-state index contributed by atoms with van der Waals surface area (Å²) in [5.74, 6) is -2.36. The molecule has 1 amide bonds. The van der Waals surface area contributed by atoms with E-state index in [1.54, 1.807) is 24.3 Å². The van der Waals surface area contributed by atoms with Gasteiger partial charge in [0.25, 0.3) is 0 Å². The number of carbonyl (C=O) groups excluding carboxylic acids is 1. The molecule has 1 N–H and O–H groups in total. The van der Waals surface area contributed by atoms with Gasteiger partial charge in [-0.3, -0.25) is 4.79 Å². The number of amides is 1. The molecule has 24 heavy (non-hydrogen) atoms. The van der Waals surface area contributed by atoms with E-state index in [1.165, 1.54) is 24.3 Å². The van der Waals surface area contributed by atoms with Crippen molar-refractivity contribution >= 4 is 28.6 Å². The van der Waals surface area contributed by atoms with E-state index in [9.17, 15) is 18.4 Å². The van der Waals surface area contributed by atoms with Crippen molar-refractivity contribution in [2.75, 3.05) is 5.32 Å². The molecule has 4 nitrogen and oxygen atoms in total. The molecule has 0 radical (unpaired) electrons. The van der Waals surface area contributed by atoms with Gasteiger partial charge in [-0.15, -0.1) is 0 Å². The Morgan fingerprint density at radius 1 is 1.00 bits per heavy atom. The number of hydrogen-bond donors (Lipinski definition) is 1. The molecular weight excluding hydrogens is 316 g/mol. The minimum absolute atomic E-state index is 0.365. The molecule has 0 aliphatic rings.